The predicted octanol–water partition coefficient (Wildman–Crippen LogP) is 5.13. The molecule has 3 aromatic rings. The number of carbonyl (C=O) groups excluding carboxylic acids is 2. The molecule has 0 atom stereocenters. The lowest BCUT2D eigenvalue weighted by Gasteiger charge is -2.10. The fraction of sp³-hybridized carbons (Fsp3) is 0.217. The highest BCUT2D eigenvalue weighted by molar-refractivity contribution is 7.15. The first-order chi connectivity index (χ1) is 15.3. The molecule has 0 fully saturated rings. The van der Waals surface area contributed by atoms with Crippen LogP contribution in [0.2, 0.25) is 0 Å². The van der Waals surface area contributed by atoms with Crippen LogP contribution in [0.1, 0.15) is 28.4 Å². The minimum Gasteiger partial charge on any atom is -0.484 e. The first kappa shape index (κ1) is 23.0. The van der Waals surface area contributed by atoms with E-state index in [4.69, 9.17) is 9.47 Å². The van der Waals surface area contributed by atoms with Crippen molar-refractivity contribution >= 4 is 33.9 Å². The number of esters is 1. The van der Waals surface area contributed by atoms with E-state index in [1.54, 1.807) is 19.2 Å². The number of thiophene rings is 1. The topological polar surface area (TPSA) is 108 Å². The Bertz CT molecular complexity index is 1150. The Morgan fingerprint density at radius 2 is 1.84 bits per heavy atom. The summed E-state index contributed by atoms with van der Waals surface area (Å²) in [6, 6.07) is 12.0. The number of benzene rings is 2. The molecule has 8 nitrogen and oxygen atoms in total. The lowest BCUT2D eigenvalue weighted by atomic mass is 10.0. The number of anilines is 1. The van der Waals surface area contributed by atoms with Crippen LogP contribution < -0.4 is 10.1 Å². The van der Waals surface area contributed by atoms with Gasteiger partial charge in [0.05, 0.1) is 11.5 Å². The Morgan fingerprint density at radius 1 is 1.12 bits per heavy atom. The van der Waals surface area contributed by atoms with Crippen molar-refractivity contribution in [2.45, 2.75) is 20.8 Å². The summed E-state index contributed by atoms with van der Waals surface area (Å²) in [5.74, 6) is -0.657. The molecule has 3 rings (SSSR count). The fourth-order valence-electron chi connectivity index (χ4n) is 3.04. The van der Waals surface area contributed by atoms with Crippen LogP contribution in [0, 0.1) is 24.0 Å². The molecule has 9 heteroatoms. The highest BCUT2D eigenvalue weighted by atomic mass is 32.1. The zero-order valence-corrected chi connectivity index (χ0v) is 18.7. The van der Waals surface area contributed by atoms with E-state index in [0.29, 0.717) is 27.4 Å². The van der Waals surface area contributed by atoms with Gasteiger partial charge in [0.1, 0.15) is 16.3 Å². The average molecular weight is 455 g/mol. The first-order valence-corrected chi connectivity index (χ1v) is 10.7. The van der Waals surface area contributed by atoms with Crippen molar-refractivity contribution in [1.29, 1.82) is 0 Å². The van der Waals surface area contributed by atoms with Crippen LogP contribution in [0.5, 0.6) is 5.75 Å². The number of nitro groups is 1. The maximum Gasteiger partial charge on any atom is 0.341 e. The van der Waals surface area contributed by atoms with Gasteiger partial charge in [-0.3, -0.25) is 14.9 Å². The van der Waals surface area contributed by atoms with Gasteiger partial charge in [0.25, 0.3) is 11.6 Å². The van der Waals surface area contributed by atoms with Gasteiger partial charge in [-0.05, 0) is 38.5 Å². The van der Waals surface area contributed by atoms with Crippen LogP contribution >= 0.6 is 11.3 Å². The van der Waals surface area contributed by atoms with Gasteiger partial charge in [-0.25, -0.2) is 4.79 Å². The van der Waals surface area contributed by atoms with Gasteiger partial charge in [0.15, 0.2) is 6.61 Å². The smallest absolute Gasteiger partial charge is 0.341 e. The molecule has 0 aliphatic heterocycles. The predicted molar refractivity (Wildman–Crippen MR) is 122 cm³/mol. The number of nitrogens with one attached hydrogen (secondary N) is 1. The van der Waals surface area contributed by atoms with E-state index in [9.17, 15) is 19.7 Å². The number of hydrogen-bond donors (Lipinski definition) is 1. The maximum absolute atomic E-state index is 12.6. The van der Waals surface area contributed by atoms with Gasteiger partial charge in [-0.15, -0.1) is 11.3 Å². The Labute approximate surface area is 188 Å². The van der Waals surface area contributed by atoms with Crippen molar-refractivity contribution < 1.29 is 24.0 Å². The summed E-state index contributed by atoms with van der Waals surface area (Å²) in [4.78, 5) is 35.5. The van der Waals surface area contributed by atoms with Crippen molar-refractivity contribution in [3.63, 3.8) is 0 Å². The summed E-state index contributed by atoms with van der Waals surface area (Å²) < 4.78 is 10.7. The largest absolute Gasteiger partial charge is 0.484 e. The number of nitro benzene ring substituents is 1. The van der Waals surface area contributed by atoms with Crippen molar-refractivity contribution in [2.75, 3.05) is 18.5 Å². The number of amides is 1. The van der Waals surface area contributed by atoms with E-state index in [1.165, 1.54) is 29.5 Å². The number of aryl methyl sites for hydroxylation is 2. The van der Waals surface area contributed by atoms with E-state index in [0.717, 1.165) is 11.1 Å². The molecule has 1 amide bonds. The molecule has 0 spiro atoms. The van der Waals surface area contributed by atoms with Crippen molar-refractivity contribution in [1.82, 2.24) is 0 Å². The van der Waals surface area contributed by atoms with Gasteiger partial charge in [-0.2, -0.15) is 0 Å². The van der Waals surface area contributed by atoms with E-state index >= 15 is 0 Å². The van der Waals surface area contributed by atoms with Crippen LogP contribution in [0.3, 0.4) is 0 Å². The number of hydrogen-bond acceptors (Lipinski definition) is 7. The molecule has 1 N–H and O–H groups in total. The molecule has 2 aromatic carbocycles. The Balaban J connectivity index is 1.76. The molecule has 0 unspecified atom stereocenters. The van der Waals surface area contributed by atoms with E-state index in [-0.39, 0.29) is 18.9 Å². The number of nitrogens with zero attached hydrogens (tertiary/aromatic N) is 1. The minimum atomic E-state index is -0.522. The third-order valence-corrected chi connectivity index (χ3v) is 5.52. The summed E-state index contributed by atoms with van der Waals surface area (Å²) in [6.07, 6.45) is 0. The van der Waals surface area contributed by atoms with Gasteiger partial charge < -0.3 is 14.8 Å². The molecule has 0 radical (unpaired) electrons. The molecular weight excluding hydrogens is 432 g/mol. The van der Waals surface area contributed by atoms with Crippen LogP contribution in [-0.4, -0.2) is 30.0 Å². The van der Waals surface area contributed by atoms with E-state index < -0.39 is 16.8 Å². The SMILES string of the molecule is CCOC(=O)c1c(-c2ccc(C)cc2)csc1NC(=O)COc1ccc([N+](=O)[O-])c(C)c1. The van der Waals surface area contributed by atoms with Crippen molar-refractivity contribution in [3.05, 3.63) is 74.6 Å². The van der Waals surface area contributed by atoms with E-state index in [1.807, 2.05) is 31.2 Å². The lowest BCUT2D eigenvalue weighted by molar-refractivity contribution is -0.385. The second-order valence-electron chi connectivity index (χ2n) is 6.98. The van der Waals surface area contributed by atoms with Gasteiger partial charge >= 0.3 is 5.97 Å². The maximum atomic E-state index is 12.6. The second-order valence-corrected chi connectivity index (χ2v) is 7.86. The summed E-state index contributed by atoms with van der Waals surface area (Å²) in [7, 11) is 0. The van der Waals surface area contributed by atoms with Crippen molar-refractivity contribution in [2.24, 2.45) is 0 Å². The molecule has 0 bridgehead atoms. The zero-order chi connectivity index (χ0) is 23.3. The molecule has 1 heterocycles. The van der Waals surface area contributed by atoms with Crippen molar-refractivity contribution in [3.8, 4) is 16.9 Å². The molecule has 1 aromatic heterocycles. The number of carbonyl (C=O) groups is 2. The average Bonchev–Trinajstić information content (AvgIpc) is 3.16. The normalized spacial score (nSPS) is 10.5. The monoisotopic (exact) mass is 454 g/mol. The number of ether oxygens (including phenoxy) is 2. The van der Waals surface area contributed by atoms with Gasteiger partial charge in [0.2, 0.25) is 0 Å². The summed E-state index contributed by atoms with van der Waals surface area (Å²) in [6.45, 7) is 5.17. The highest BCUT2D eigenvalue weighted by Gasteiger charge is 2.23. The Kier molecular flexibility index (Phi) is 7.21. The van der Waals surface area contributed by atoms with Crippen LogP contribution in [0.15, 0.2) is 47.8 Å². The quantitative estimate of drug-likeness (QED) is 0.287. The zero-order valence-electron chi connectivity index (χ0n) is 17.8. The summed E-state index contributed by atoms with van der Waals surface area (Å²) in [5.41, 5.74) is 3.30. The fourth-order valence-corrected chi connectivity index (χ4v) is 4.01. The summed E-state index contributed by atoms with van der Waals surface area (Å²) >= 11 is 1.22. The second kappa shape index (κ2) is 10.1. The van der Waals surface area contributed by atoms with Crippen LogP contribution in [0.4, 0.5) is 10.7 Å². The molecule has 0 saturated carbocycles. The molecule has 0 saturated heterocycles. The van der Waals surface area contributed by atoms with Crippen LogP contribution in [-0.2, 0) is 9.53 Å². The standard InChI is InChI=1S/C23H22N2O6S/c1-4-30-23(27)21-18(16-7-5-14(2)6-8-16)13-32-22(21)24-20(26)12-31-17-9-10-19(25(28)29)15(3)11-17/h5-11,13H,4,12H2,1-3H3,(H,24,26). The molecular formula is C23H22N2O6S. The molecule has 32 heavy (non-hydrogen) atoms. The molecule has 166 valence electrons. The van der Waals surface area contributed by atoms with E-state index in [2.05, 4.69) is 5.32 Å². The third kappa shape index (κ3) is 5.30. The number of rotatable bonds is 8. The minimum absolute atomic E-state index is 0.0249. The first-order valence-electron chi connectivity index (χ1n) is 9.83. The highest BCUT2D eigenvalue weighted by Crippen LogP contribution is 2.36. The lowest BCUT2D eigenvalue weighted by Crippen LogP contribution is -2.21. The third-order valence-electron chi connectivity index (χ3n) is 4.62. The van der Waals surface area contributed by atoms with Gasteiger partial charge in [-0.1, -0.05) is 29.8 Å². The summed E-state index contributed by atoms with van der Waals surface area (Å²) in [5, 5.41) is 15.8. The Morgan fingerprint density at radius 3 is 2.47 bits per heavy atom. The van der Waals surface area contributed by atoms with Crippen LogP contribution in [0.25, 0.3) is 11.1 Å². The van der Waals surface area contributed by atoms with Gasteiger partial charge in [0, 0.05) is 22.6 Å². The molecule has 0 aliphatic carbocycles. The molecule has 0 aliphatic rings. The Hall–Kier alpha value is -3.72.